The lowest BCUT2D eigenvalue weighted by Crippen LogP contribution is -2.17. The fourth-order valence-corrected chi connectivity index (χ4v) is 3.45. The third-order valence-electron chi connectivity index (χ3n) is 5.19. The molecule has 0 fully saturated rings. The SMILES string of the molecule is Cc1cc(C(=O)Oc2cccc(/C=N/NC(=O)c3cc4ccccc4cc3O)c2)ccc1[N+](=O)[O-]. The molecule has 0 aliphatic carbocycles. The molecule has 0 radical (unpaired) electrons. The van der Waals surface area contributed by atoms with Crippen molar-refractivity contribution in [2.75, 3.05) is 0 Å². The zero-order chi connectivity index (χ0) is 24.9. The molecule has 35 heavy (non-hydrogen) atoms. The Morgan fingerprint density at radius 3 is 2.46 bits per heavy atom. The average molecular weight is 469 g/mol. The van der Waals surface area contributed by atoms with Crippen molar-refractivity contribution < 1.29 is 24.4 Å². The standard InChI is InChI=1S/C26H19N3O6/c1-16-11-20(9-10-23(16)29(33)34)26(32)35-21-8-4-5-17(12-21)15-27-28-25(31)22-13-18-6-2-3-7-19(18)14-24(22)30/h2-15,30H,1H3,(H,28,31)/b27-15+. The Morgan fingerprint density at radius 2 is 1.74 bits per heavy atom. The van der Waals surface area contributed by atoms with Crippen molar-refractivity contribution in [2.24, 2.45) is 5.10 Å². The largest absolute Gasteiger partial charge is 0.507 e. The molecule has 0 aromatic heterocycles. The highest BCUT2D eigenvalue weighted by atomic mass is 16.6. The van der Waals surface area contributed by atoms with Crippen LogP contribution in [-0.4, -0.2) is 28.1 Å². The molecule has 0 unspecified atom stereocenters. The Bertz CT molecular complexity index is 1500. The van der Waals surface area contributed by atoms with E-state index in [0.717, 1.165) is 10.8 Å². The number of nitrogens with one attached hydrogen (secondary N) is 1. The summed E-state index contributed by atoms with van der Waals surface area (Å²) in [6.45, 7) is 1.54. The molecule has 9 nitrogen and oxygen atoms in total. The normalized spacial score (nSPS) is 10.9. The van der Waals surface area contributed by atoms with Crippen LogP contribution in [-0.2, 0) is 0 Å². The Labute approximate surface area is 199 Å². The quantitative estimate of drug-likeness (QED) is 0.138. The number of phenols is 1. The van der Waals surface area contributed by atoms with Crippen LogP contribution in [0.2, 0.25) is 0 Å². The molecule has 0 aliphatic heterocycles. The second kappa shape index (κ2) is 9.84. The van der Waals surface area contributed by atoms with E-state index >= 15 is 0 Å². The van der Waals surface area contributed by atoms with E-state index in [4.69, 9.17) is 4.74 Å². The average Bonchev–Trinajstić information content (AvgIpc) is 2.83. The van der Waals surface area contributed by atoms with Gasteiger partial charge in [-0.15, -0.1) is 0 Å². The van der Waals surface area contributed by atoms with Crippen LogP contribution in [0, 0.1) is 17.0 Å². The summed E-state index contributed by atoms with van der Waals surface area (Å²) >= 11 is 0. The number of aromatic hydroxyl groups is 1. The molecule has 4 rings (SSSR count). The molecule has 0 saturated heterocycles. The molecule has 0 bridgehead atoms. The van der Waals surface area contributed by atoms with Gasteiger partial charge in [-0.05, 0) is 59.7 Å². The number of carbonyl (C=O) groups is 2. The van der Waals surface area contributed by atoms with Crippen LogP contribution in [0.25, 0.3) is 10.8 Å². The van der Waals surface area contributed by atoms with Crippen LogP contribution in [0.4, 0.5) is 5.69 Å². The monoisotopic (exact) mass is 469 g/mol. The van der Waals surface area contributed by atoms with Gasteiger partial charge in [0.2, 0.25) is 0 Å². The summed E-state index contributed by atoms with van der Waals surface area (Å²) in [6.07, 6.45) is 1.36. The van der Waals surface area contributed by atoms with Gasteiger partial charge in [-0.2, -0.15) is 5.10 Å². The minimum absolute atomic E-state index is 0.0844. The van der Waals surface area contributed by atoms with Gasteiger partial charge in [-0.25, -0.2) is 10.2 Å². The van der Waals surface area contributed by atoms with Crippen molar-refractivity contribution in [3.63, 3.8) is 0 Å². The molecule has 0 atom stereocenters. The van der Waals surface area contributed by atoms with E-state index in [2.05, 4.69) is 10.5 Å². The number of rotatable bonds is 6. The van der Waals surface area contributed by atoms with Crippen molar-refractivity contribution in [1.82, 2.24) is 5.43 Å². The molecule has 4 aromatic rings. The Balaban J connectivity index is 1.43. The van der Waals surface area contributed by atoms with Gasteiger partial charge in [0.25, 0.3) is 11.6 Å². The topological polar surface area (TPSA) is 131 Å². The number of esters is 1. The molecule has 4 aromatic carbocycles. The molecule has 0 spiro atoms. The number of hydrazone groups is 1. The second-order valence-electron chi connectivity index (χ2n) is 7.64. The fraction of sp³-hybridized carbons (Fsp3) is 0.0385. The number of nitro groups is 1. The van der Waals surface area contributed by atoms with Crippen LogP contribution in [0.1, 0.15) is 31.8 Å². The first kappa shape index (κ1) is 23.1. The van der Waals surface area contributed by atoms with Crippen LogP contribution < -0.4 is 10.2 Å². The van der Waals surface area contributed by atoms with Crippen molar-refractivity contribution in [3.8, 4) is 11.5 Å². The minimum atomic E-state index is -0.669. The zero-order valence-corrected chi connectivity index (χ0v) is 18.5. The van der Waals surface area contributed by atoms with Crippen molar-refractivity contribution in [1.29, 1.82) is 0 Å². The summed E-state index contributed by atoms with van der Waals surface area (Å²) < 4.78 is 5.36. The summed E-state index contributed by atoms with van der Waals surface area (Å²) in [5, 5.41) is 26.6. The van der Waals surface area contributed by atoms with Gasteiger partial charge in [-0.3, -0.25) is 14.9 Å². The van der Waals surface area contributed by atoms with Crippen LogP contribution >= 0.6 is 0 Å². The van der Waals surface area contributed by atoms with Gasteiger partial charge >= 0.3 is 5.97 Å². The van der Waals surface area contributed by atoms with Crippen LogP contribution in [0.5, 0.6) is 11.5 Å². The van der Waals surface area contributed by atoms with E-state index in [-0.39, 0.29) is 28.3 Å². The predicted octanol–water partition coefficient (Wildman–Crippen LogP) is 4.75. The number of phenolic OH excluding ortho intramolecular Hbond substituents is 1. The number of aryl methyl sites for hydroxylation is 1. The molecule has 174 valence electrons. The summed E-state index contributed by atoms with van der Waals surface area (Å²) in [5.74, 6) is -1.18. The molecular formula is C26H19N3O6. The fourth-order valence-electron chi connectivity index (χ4n) is 3.45. The van der Waals surface area contributed by atoms with Gasteiger partial charge in [0, 0.05) is 11.6 Å². The van der Waals surface area contributed by atoms with E-state index in [1.165, 1.54) is 37.4 Å². The van der Waals surface area contributed by atoms with Crippen molar-refractivity contribution in [2.45, 2.75) is 6.92 Å². The number of hydrogen-bond acceptors (Lipinski definition) is 7. The van der Waals surface area contributed by atoms with Crippen LogP contribution in [0.15, 0.2) is 84.0 Å². The van der Waals surface area contributed by atoms with E-state index in [9.17, 15) is 24.8 Å². The highest BCUT2D eigenvalue weighted by molar-refractivity contribution is 6.01. The lowest BCUT2D eigenvalue weighted by Gasteiger charge is -2.07. The number of nitro benzene ring substituents is 1. The Kier molecular flexibility index (Phi) is 6.50. The number of nitrogens with zero attached hydrogens (tertiary/aromatic N) is 2. The summed E-state index contributed by atoms with van der Waals surface area (Å²) in [4.78, 5) is 35.3. The van der Waals surface area contributed by atoms with Crippen molar-refractivity contribution >= 4 is 34.6 Å². The first-order chi connectivity index (χ1) is 16.8. The molecule has 0 saturated carbocycles. The maximum absolute atomic E-state index is 12.5. The van der Waals surface area contributed by atoms with E-state index in [1.54, 1.807) is 30.3 Å². The number of benzene rings is 4. The third kappa shape index (κ3) is 5.31. The Hall–Kier alpha value is -5.05. The van der Waals surface area contributed by atoms with Gasteiger partial charge in [0.05, 0.1) is 22.3 Å². The van der Waals surface area contributed by atoms with Crippen LogP contribution in [0.3, 0.4) is 0 Å². The molecule has 1 amide bonds. The maximum Gasteiger partial charge on any atom is 0.343 e. The van der Waals surface area contributed by atoms with Gasteiger partial charge < -0.3 is 9.84 Å². The van der Waals surface area contributed by atoms with E-state index in [0.29, 0.717) is 11.1 Å². The predicted molar refractivity (Wildman–Crippen MR) is 130 cm³/mol. The van der Waals surface area contributed by atoms with Crippen molar-refractivity contribution in [3.05, 3.63) is 111 Å². The number of carbonyl (C=O) groups excluding carboxylic acids is 2. The number of amides is 1. The highest BCUT2D eigenvalue weighted by Crippen LogP contribution is 2.25. The number of hydrogen-bond donors (Lipinski definition) is 2. The second-order valence-corrected chi connectivity index (χ2v) is 7.64. The first-order valence-electron chi connectivity index (χ1n) is 10.4. The summed E-state index contributed by atoms with van der Waals surface area (Å²) in [7, 11) is 0. The maximum atomic E-state index is 12.5. The number of fused-ring (bicyclic) bond motifs is 1. The smallest absolute Gasteiger partial charge is 0.343 e. The summed E-state index contributed by atoms with van der Waals surface area (Å²) in [6, 6.07) is 20.8. The summed E-state index contributed by atoms with van der Waals surface area (Å²) in [5.41, 5.74) is 3.43. The highest BCUT2D eigenvalue weighted by Gasteiger charge is 2.15. The molecule has 0 heterocycles. The molecule has 0 aliphatic rings. The molecule has 9 heteroatoms. The first-order valence-corrected chi connectivity index (χ1v) is 10.4. The van der Waals surface area contributed by atoms with Gasteiger partial charge in [0.15, 0.2) is 0 Å². The molecule has 2 N–H and O–H groups in total. The third-order valence-corrected chi connectivity index (χ3v) is 5.19. The minimum Gasteiger partial charge on any atom is -0.507 e. The van der Waals surface area contributed by atoms with Gasteiger partial charge in [0.1, 0.15) is 11.5 Å². The zero-order valence-electron chi connectivity index (χ0n) is 18.5. The van der Waals surface area contributed by atoms with E-state index < -0.39 is 16.8 Å². The molecular weight excluding hydrogens is 450 g/mol. The number of ether oxygens (including phenoxy) is 1. The Morgan fingerprint density at radius 1 is 1.00 bits per heavy atom. The van der Waals surface area contributed by atoms with E-state index in [1.807, 2.05) is 24.3 Å². The van der Waals surface area contributed by atoms with Gasteiger partial charge in [-0.1, -0.05) is 36.4 Å². The lowest BCUT2D eigenvalue weighted by molar-refractivity contribution is -0.385. The lowest BCUT2D eigenvalue weighted by atomic mass is 10.1.